The lowest BCUT2D eigenvalue weighted by molar-refractivity contribution is 0.207. The van der Waals surface area contributed by atoms with Crippen LogP contribution in [0.4, 0.5) is 4.79 Å². The van der Waals surface area contributed by atoms with Gasteiger partial charge in [0.2, 0.25) is 0 Å². The molecule has 2 nitrogen and oxygen atoms in total. The molecule has 180 valence electrons. The average molecular weight is 442 g/mol. The minimum absolute atomic E-state index is 0.0362. The molecule has 0 N–H and O–H groups in total. The molecule has 0 aliphatic rings. The van der Waals surface area contributed by atoms with Crippen LogP contribution in [0.25, 0.3) is 0 Å². The van der Waals surface area contributed by atoms with Gasteiger partial charge in [0.05, 0.1) is 0 Å². The number of nitrogens with zero attached hydrogens (tertiary/aromatic N) is 1. The highest BCUT2D eigenvalue weighted by Gasteiger charge is 2.15. The normalized spacial score (nSPS) is 12.3. The molecule has 0 fully saturated rings. The summed E-state index contributed by atoms with van der Waals surface area (Å²) in [6.07, 6.45) is 27.1. The van der Waals surface area contributed by atoms with Crippen LogP contribution in [0.3, 0.4) is 0 Å². The number of thiol groups is 1. The molecule has 1 unspecified atom stereocenters. The van der Waals surface area contributed by atoms with Gasteiger partial charge in [0.15, 0.2) is 0 Å². The molecule has 1 amide bonds. The van der Waals surface area contributed by atoms with E-state index in [1.54, 1.807) is 0 Å². The van der Waals surface area contributed by atoms with Gasteiger partial charge in [0.1, 0.15) is 0 Å². The lowest BCUT2D eigenvalue weighted by Gasteiger charge is -2.25. The zero-order valence-electron chi connectivity index (χ0n) is 20.9. The predicted octanol–water partition coefficient (Wildman–Crippen LogP) is 9.82. The van der Waals surface area contributed by atoms with Crippen molar-refractivity contribution >= 4 is 17.9 Å². The fourth-order valence-corrected chi connectivity index (χ4v) is 4.53. The lowest BCUT2D eigenvalue weighted by Crippen LogP contribution is -2.32. The number of rotatable bonds is 23. The molecule has 0 aromatic rings. The van der Waals surface area contributed by atoms with Gasteiger partial charge in [-0.15, -0.1) is 0 Å². The Balaban J connectivity index is 3.50. The van der Waals surface area contributed by atoms with E-state index in [9.17, 15) is 4.79 Å². The van der Waals surface area contributed by atoms with Crippen molar-refractivity contribution < 1.29 is 4.79 Å². The molecule has 3 heteroatoms. The third-order valence-electron chi connectivity index (χ3n) is 6.57. The van der Waals surface area contributed by atoms with Crippen LogP contribution in [0.1, 0.15) is 149 Å². The monoisotopic (exact) mass is 441 g/mol. The summed E-state index contributed by atoms with van der Waals surface area (Å²) in [4.78, 5) is 13.8. The standard InChI is InChI=1S/C27H55NOS/c1-4-7-9-10-11-12-13-14-15-16-17-18-19-20-21-22-24-28(27(29)30)25-26(6-3)23-8-5-2/h26H,4-25H2,1-3H3,(H,29,30). The maximum Gasteiger partial charge on any atom is 0.278 e. The van der Waals surface area contributed by atoms with E-state index in [4.69, 9.17) is 0 Å². The molecule has 0 rings (SSSR count). The van der Waals surface area contributed by atoms with Crippen molar-refractivity contribution in [2.75, 3.05) is 13.1 Å². The molecular formula is C27H55NOS. The van der Waals surface area contributed by atoms with Crippen LogP contribution in [0, 0.1) is 5.92 Å². The van der Waals surface area contributed by atoms with Crippen molar-refractivity contribution in [3.8, 4) is 0 Å². The lowest BCUT2D eigenvalue weighted by atomic mass is 9.98. The van der Waals surface area contributed by atoms with Crippen molar-refractivity contribution in [3.63, 3.8) is 0 Å². The molecule has 0 radical (unpaired) electrons. The molecule has 0 saturated carbocycles. The summed E-state index contributed by atoms with van der Waals surface area (Å²) in [5, 5.41) is -0.0362. The van der Waals surface area contributed by atoms with Crippen molar-refractivity contribution in [1.82, 2.24) is 4.90 Å². The van der Waals surface area contributed by atoms with Crippen LogP contribution in [0.15, 0.2) is 0 Å². The quantitative estimate of drug-likeness (QED) is 0.123. The zero-order chi connectivity index (χ0) is 22.3. The molecule has 0 aromatic heterocycles. The van der Waals surface area contributed by atoms with Gasteiger partial charge in [-0.2, -0.15) is 0 Å². The molecule has 0 heterocycles. The summed E-state index contributed by atoms with van der Waals surface area (Å²) in [6.45, 7) is 8.57. The highest BCUT2D eigenvalue weighted by Crippen LogP contribution is 2.17. The molecule has 0 saturated heterocycles. The number of carbonyl (C=O) groups is 1. The van der Waals surface area contributed by atoms with E-state index in [1.165, 1.54) is 116 Å². The topological polar surface area (TPSA) is 20.3 Å². The minimum Gasteiger partial charge on any atom is -0.334 e. The number of carbonyl (C=O) groups excluding carboxylic acids is 1. The molecule has 1 atom stereocenters. The fourth-order valence-electron chi connectivity index (χ4n) is 4.34. The van der Waals surface area contributed by atoms with Crippen LogP contribution >= 0.6 is 12.6 Å². The van der Waals surface area contributed by atoms with Gasteiger partial charge in [-0.25, -0.2) is 0 Å². The first-order valence-corrected chi connectivity index (χ1v) is 14.1. The Morgan fingerprint density at radius 2 is 1.03 bits per heavy atom. The Labute approximate surface area is 195 Å². The molecule has 0 aromatic carbocycles. The van der Waals surface area contributed by atoms with Crippen molar-refractivity contribution in [2.45, 2.75) is 149 Å². The molecular weight excluding hydrogens is 386 g/mol. The number of hydrogen-bond donors (Lipinski definition) is 1. The van der Waals surface area contributed by atoms with Gasteiger partial charge in [-0.3, -0.25) is 4.79 Å². The highest BCUT2D eigenvalue weighted by molar-refractivity contribution is 7.96. The third kappa shape index (κ3) is 19.8. The first kappa shape index (κ1) is 29.8. The van der Waals surface area contributed by atoms with Gasteiger partial charge in [0.25, 0.3) is 5.24 Å². The Kier molecular flexibility index (Phi) is 23.3. The van der Waals surface area contributed by atoms with Crippen molar-refractivity contribution in [2.24, 2.45) is 5.92 Å². The first-order valence-electron chi connectivity index (χ1n) is 13.6. The van der Waals surface area contributed by atoms with Gasteiger partial charge < -0.3 is 4.90 Å². The second-order valence-electron chi connectivity index (χ2n) is 9.45. The molecule has 30 heavy (non-hydrogen) atoms. The van der Waals surface area contributed by atoms with Gasteiger partial charge in [-0.1, -0.05) is 149 Å². The second-order valence-corrected chi connectivity index (χ2v) is 9.83. The smallest absolute Gasteiger partial charge is 0.278 e. The third-order valence-corrected chi connectivity index (χ3v) is 6.86. The van der Waals surface area contributed by atoms with Crippen LogP contribution < -0.4 is 0 Å². The summed E-state index contributed by atoms with van der Waals surface area (Å²) in [5.74, 6) is 0.641. The summed E-state index contributed by atoms with van der Waals surface area (Å²) in [7, 11) is 0. The predicted molar refractivity (Wildman–Crippen MR) is 139 cm³/mol. The number of unbranched alkanes of at least 4 members (excludes halogenated alkanes) is 16. The van der Waals surface area contributed by atoms with Crippen molar-refractivity contribution in [3.05, 3.63) is 0 Å². The molecule has 0 aliphatic carbocycles. The first-order chi connectivity index (χ1) is 14.7. The van der Waals surface area contributed by atoms with E-state index < -0.39 is 0 Å². The van der Waals surface area contributed by atoms with Crippen LogP contribution in [0.2, 0.25) is 0 Å². The van der Waals surface area contributed by atoms with Gasteiger partial charge in [0, 0.05) is 13.1 Å². The fraction of sp³-hybridized carbons (Fsp3) is 0.963. The Morgan fingerprint density at radius 3 is 1.40 bits per heavy atom. The number of hydrogen-bond acceptors (Lipinski definition) is 1. The van der Waals surface area contributed by atoms with Crippen LogP contribution in [-0.4, -0.2) is 23.2 Å². The average Bonchev–Trinajstić information content (AvgIpc) is 2.74. The van der Waals surface area contributed by atoms with Crippen LogP contribution in [0.5, 0.6) is 0 Å². The highest BCUT2D eigenvalue weighted by atomic mass is 32.1. The van der Waals surface area contributed by atoms with E-state index in [0.29, 0.717) is 5.92 Å². The van der Waals surface area contributed by atoms with E-state index in [0.717, 1.165) is 25.9 Å². The zero-order valence-corrected chi connectivity index (χ0v) is 21.8. The van der Waals surface area contributed by atoms with Gasteiger partial charge >= 0.3 is 0 Å². The van der Waals surface area contributed by atoms with E-state index >= 15 is 0 Å². The van der Waals surface area contributed by atoms with E-state index in [-0.39, 0.29) is 5.24 Å². The second kappa shape index (κ2) is 23.5. The SMILES string of the molecule is CCCCCCCCCCCCCCCCCCN(CC(CC)CCCC)C(=O)S. The maximum absolute atomic E-state index is 11.9. The summed E-state index contributed by atoms with van der Waals surface area (Å²) in [5.41, 5.74) is 0. The minimum atomic E-state index is -0.0362. The largest absolute Gasteiger partial charge is 0.334 e. The number of amides is 1. The van der Waals surface area contributed by atoms with Crippen LogP contribution in [-0.2, 0) is 0 Å². The summed E-state index contributed by atoms with van der Waals surface area (Å²) < 4.78 is 0. The Hall–Kier alpha value is -0.180. The molecule has 0 aliphatic heterocycles. The maximum atomic E-state index is 11.9. The Morgan fingerprint density at radius 1 is 0.633 bits per heavy atom. The van der Waals surface area contributed by atoms with E-state index in [2.05, 4.69) is 33.4 Å². The summed E-state index contributed by atoms with van der Waals surface area (Å²) in [6, 6.07) is 0. The molecule has 0 bridgehead atoms. The van der Waals surface area contributed by atoms with Crippen molar-refractivity contribution in [1.29, 1.82) is 0 Å². The van der Waals surface area contributed by atoms with E-state index in [1.807, 2.05) is 4.90 Å². The Bertz CT molecular complexity index is 361. The van der Waals surface area contributed by atoms with Gasteiger partial charge in [-0.05, 0) is 18.8 Å². The molecule has 0 spiro atoms. The summed E-state index contributed by atoms with van der Waals surface area (Å²) >= 11 is 4.12.